The minimum atomic E-state index is 0.245. The molecule has 0 saturated heterocycles. The van der Waals surface area contributed by atoms with Crippen LogP contribution in [0.5, 0.6) is 0 Å². The van der Waals surface area contributed by atoms with E-state index in [4.69, 9.17) is 4.74 Å². The number of methoxy groups -OCH3 is 1. The van der Waals surface area contributed by atoms with Gasteiger partial charge in [-0.1, -0.05) is 18.2 Å². The van der Waals surface area contributed by atoms with Gasteiger partial charge in [-0.15, -0.1) is 0 Å². The Balaban J connectivity index is 2.10. The molecule has 2 heteroatoms. The van der Waals surface area contributed by atoms with Crippen LogP contribution in [0, 0.1) is 17.8 Å². The van der Waals surface area contributed by atoms with Crippen LogP contribution < -0.4 is 0 Å². The fraction of sp³-hybridized carbons (Fsp3) is 0.545. The summed E-state index contributed by atoms with van der Waals surface area (Å²) in [5, 5.41) is 0. The number of rotatable bonds is 0. The highest BCUT2D eigenvalue weighted by molar-refractivity contribution is 5.85. The zero-order chi connectivity index (χ0) is 9.00. The highest BCUT2D eigenvalue weighted by Gasteiger charge is 2.53. The van der Waals surface area contributed by atoms with Gasteiger partial charge in [0.15, 0.2) is 5.90 Å². The van der Waals surface area contributed by atoms with Crippen molar-refractivity contribution < 1.29 is 4.74 Å². The molecule has 13 heavy (non-hydrogen) atoms. The lowest BCUT2D eigenvalue weighted by molar-refractivity contribution is 0.381. The Bertz CT molecular complexity index is 340. The van der Waals surface area contributed by atoms with E-state index in [2.05, 4.69) is 30.1 Å². The summed E-state index contributed by atoms with van der Waals surface area (Å²) in [6, 6.07) is 0.245. The van der Waals surface area contributed by atoms with Crippen LogP contribution in [0.3, 0.4) is 0 Å². The summed E-state index contributed by atoms with van der Waals surface area (Å²) in [5.74, 6) is 2.84. The Morgan fingerprint density at radius 2 is 2.15 bits per heavy atom. The molecule has 2 aliphatic heterocycles. The lowest BCUT2D eigenvalue weighted by Gasteiger charge is -2.07. The number of allylic oxidation sites excluding steroid dienone is 2. The zero-order valence-electron chi connectivity index (χ0n) is 7.90. The minimum absolute atomic E-state index is 0.245. The average Bonchev–Trinajstić information content (AvgIpc) is 2.82. The van der Waals surface area contributed by atoms with Gasteiger partial charge in [0.25, 0.3) is 0 Å². The van der Waals surface area contributed by atoms with Crippen LogP contribution in [-0.4, -0.2) is 19.0 Å². The number of hydrogen-bond acceptors (Lipinski definition) is 2. The third-order valence-electron chi connectivity index (χ3n) is 3.33. The molecule has 2 heterocycles. The van der Waals surface area contributed by atoms with Crippen molar-refractivity contribution in [2.45, 2.75) is 13.0 Å². The van der Waals surface area contributed by atoms with Crippen LogP contribution in [0.1, 0.15) is 6.92 Å². The van der Waals surface area contributed by atoms with Crippen molar-refractivity contribution in [2.75, 3.05) is 7.11 Å². The van der Waals surface area contributed by atoms with E-state index in [9.17, 15) is 0 Å². The van der Waals surface area contributed by atoms with E-state index in [0.717, 1.165) is 5.90 Å². The quantitative estimate of drug-likeness (QED) is 0.514. The average molecular weight is 175 g/mol. The van der Waals surface area contributed by atoms with Crippen molar-refractivity contribution in [3.63, 3.8) is 0 Å². The molecule has 4 atom stereocenters. The lowest BCUT2D eigenvalue weighted by atomic mass is 10.1. The van der Waals surface area contributed by atoms with E-state index in [-0.39, 0.29) is 6.04 Å². The smallest absolute Gasteiger partial charge is 0.188 e. The second-order valence-electron chi connectivity index (χ2n) is 4.09. The monoisotopic (exact) mass is 175 g/mol. The maximum atomic E-state index is 5.33. The van der Waals surface area contributed by atoms with Gasteiger partial charge in [-0.3, -0.25) is 0 Å². The largest absolute Gasteiger partial charge is 0.484 e. The molecule has 1 saturated carbocycles. The van der Waals surface area contributed by atoms with Crippen LogP contribution in [0.4, 0.5) is 0 Å². The van der Waals surface area contributed by atoms with Gasteiger partial charge in [-0.05, 0) is 24.3 Å². The van der Waals surface area contributed by atoms with Gasteiger partial charge in [0.2, 0.25) is 0 Å². The summed E-state index contributed by atoms with van der Waals surface area (Å²) in [6.07, 6.45) is 6.89. The normalized spacial score (nSPS) is 44.8. The van der Waals surface area contributed by atoms with E-state index < -0.39 is 0 Å². The van der Waals surface area contributed by atoms with Gasteiger partial charge < -0.3 is 4.74 Å². The molecule has 68 valence electrons. The molecule has 4 bridgehead atoms. The first-order valence-electron chi connectivity index (χ1n) is 4.79. The molecule has 4 aliphatic rings. The molecule has 0 aromatic carbocycles. The molecular weight excluding hydrogens is 162 g/mol. The van der Waals surface area contributed by atoms with E-state index in [1.807, 2.05) is 0 Å². The third-order valence-corrected chi connectivity index (χ3v) is 3.33. The Hall–Kier alpha value is -1.05. The summed E-state index contributed by atoms with van der Waals surface area (Å²) in [6.45, 7) is 2.16. The molecule has 0 aromatic heterocycles. The maximum absolute atomic E-state index is 5.33. The standard InChI is InChI=1S/C11H13NO/c1-6-5-8-7-3-4-9(6)12-11(13-2)10(7)8/h3-5,7-10H,1-2H3/t7-,8+,9-,10+/m1/s1. The highest BCUT2D eigenvalue weighted by atomic mass is 16.5. The molecule has 2 nitrogen and oxygen atoms in total. The fourth-order valence-electron chi connectivity index (χ4n) is 2.50. The maximum Gasteiger partial charge on any atom is 0.188 e. The summed E-state index contributed by atoms with van der Waals surface area (Å²) >= 11 is 0. The number of aliphatic imine (C=N–C) groups is 1. The SMILES string of the molecule is COC1=N[C@@H]2C=C[C@@H]3[C@H](C=C2C)[C@@H]13. The molecule has 0 aromatic rings. The molecule has 4 rings (SSSR count). The molecule has 0 radical (unpaired) electrons. The summed E-state index contributed by atoms with van der Waals surface area (Å²) < 4.78 is 5.33. The summed E-state index contributed by atoms with van der Waals surface area (Å²) in [5.41, 5.74) is 1.37. The van der Waals surface area contributed by atoms with Crippen LogP contribution >= 0.6 is 0 Å². The first kappa shape index (κ1) is 7.36. The van der Waals surface area contributed by atoms with Crippen LogP contribution in [0.25, 0.3) is 0 Å². The Kier molecular flexibility index (Phi) is 1.27. The number of ether oxygens (including phenoxy) is 1. The second kappa shape index (κ2) is 2.25. The molecule has 0 unspecified atom stereocenters. The first-order valence-corrected chi connectivity index (χ1v) is 4.79. The van der Waals surface area contributed by atoms with E-state index in [0.29, 0.717) is 17.8 Å². The van der Waals surface area contributed by atoms with Crippen LogP contribution in [0.15, 0.2) is 28.8 Å². The number of hydrogen-bond donors (Lipinski definition) is 0. The first-order chi connectivity index (χ1) is 6.31. The van der Waals surface area contributed by atoms with Crippen LogP contribution in [0.2, 0.25) is 0 Å². The third kappa shape index (κ3) is 0.859. The second-order valence-corrected chi connectivity index (χ2v) is 4.09. The molecule has 2 aliphatic carbocycles. The van der Waals surface area contributed by atoms with Gasteiger partial charge in [-0.25, -0.2) is 4.99 Å². The highest BCUT2D eigenvalue weighted by Crippen LogP contribution is 2.53. The van der Waals surface area contributed by atoms with E-state index in [1.54, 1.807) is 7.11 Å². The van der Waals surface area contributed by atoms with Crippen LogP contribution in [-0.2, 0) is 4.74 Å². The molecule has 0 amide bonds. The molecule has 0 spiro atoms. The number of nitrogens with zero attached hydrogens (tertiary/aromatic N) is 1. The summed E-state index contributed by atoms with van der Waals surface area (Å²) in [4.78, 5) is 4.60. The summed E-state index contributed by atoms with van der Waals surface area (Å²) in [7, 11) is 1.73. The predicted octanol–water partition coefficient (Wildman–Crippen LogP) is 1.79. The molecular formula is C11H13NO. The van der Waals surface area contributed by atoms with Gasteiger partial charge in [-0.2, -0.15) is 0 Å². The van der Waals surface area contributed by atoms with Gasteiger partial charge in [0.05, 0.1) is 13.2 Å². The topological polar surface area (TPSA) is 21.6 Å². The molecule has 0 N–H and O–H groups in total. The predicted molar refractivity (Wildman–Crippen MR) is 51.6 cm³/mol. The van der Waals surface area contributed by atoms with Crippen molar-refractivity contribution >= 4 is 5.90 Å². The van der Waals surface area contributed by atoms with Gasteiger partial charge in [0, 0.05) is 5.92 Å². The van der Waals surface area contributed by atoms with Gasteiger partial charge >= 0.3 is 0 Å². The zero-order valence-corrected chi connectivity index (χ0v) is 7.90. The van der Waals surface area contributed by atoms with Crippen molar-refractivity contribution in [2.24, 2.45) is 22.7 Å². The molecule has 1 fully saturated rings. The fourth-order valence-corrected chi connectivity index (χ4v) is 2.50. The van der Waals surface area contributed by atoms with Crippen molar-refractivity contribution in [1.29, 1.82) is 0 Å². The van der Waals surface area contributed by atoms with Crippen molar-refractivity contribution in [3.8, 4) is 0 Å². The van der Waals surface area contributed by atoms with E-state index in [1.165, 1.54) is 5.57 Å². The Labute approximate surface area is 78.0 Å². The van der Waals surface area contributed by atoms with Crippen molar-refractivity contribution in [3.05, 3.63) is 23.8 Å². The minimum Gasteiger partial charge on any atom is -0.484 e. The van der Waals surface area contributed by atoms with Crippen molar-refractivity contribution in [1.82, 2.24) is 0 Å². The van der Waals surface area contributed by atoms with Gasteiger partial charge in [0.1, 0.15) is 0 Å². The lowest BCUT2D eigenvalue weighted by Crippen LogP contribution is -2.09. The Morgan fingerprint density at radius 1 is 1.31 bits per heavy atom. The van der Waals surface area contributed by atoms with E-state index >= 15 is 0 Å². The Morgan fingerprint density at radius 3 is 2.92 bits per heavy atom.